The second-order valence-corrected chi connectivity index (χ2v) is 9.21. The monoisotopic (exact) mass is 467 g/mol. The minimum absolute atomic E-state index is 0.179. The average Bonchev–Trinajstić information content (AvgIpc) is 3.20. The molecule has 0 spiro atoms. The molecule has 0 aliphatic carbocycles. The second-order valence-electron chi connectivity index (χ2n) is 6.52. The van der Waals surface area contributed by atoms with E-state index in [0.717, 1.165) is 31.4 Å². The maximum Gasteiger partial charge on any atom is 0.250 e. The van der Waals surface area contributed by atoms with Gasteiger partial charge in [-0.1, -0.05) is 47.6 Å². The molecule has 0 saturated carbocycles. The van der Waals surface area contributed by atoms with Gasteiger partial charge < -0.3 is 4.74 Å². The van der Waals surface area contributed by atoms with Gasteiger partial charge in [0.05, 0.1) is 22.2 Å². The van der Waals surface area contributed by atoms with Crippen molar-refractivity contribution in [1.82, 2.24) is 10.4 Å². The fourth-order valence-electron chi connectivity index (χ4n) is 2.69. The van der Waals surface area contributed by atoms with Crippen LogP contribution in [0.1, 0.15) is 11.1 Å². The number of fused-ring (bicyclic) bond motifs is 1. The second kappa shape index (κ2) is 10.4. The van der Waals surface area contributed by atoms with Crippen molar-refractivity contribution in [2.45, 2.75) is 10.9 Å². The largest absolute Gasteiger partial charge is 0.489 e. The number of para-hydroxylation sites is 1. The van der Waals surface area contributed by atoms with E-state index in [9.17, 15) is 4.79 Å². The van der Waals surface area contributed by atoms with Crippen LogP contribution >= 0.6 is 34.7 Å². The number of amides is 1. The Kier molecular flexibility index (Phi) is 7.19. The standard InChI is InChI=1S/C23H18ClN3O2S2/c24-18-5-3-4-17(12-18)14-29-19-10-8-16(9-11-19)13-25-27-22(28)15-30-23-26-20-6-1-2-7-21(20)31-23/h1-13H,14-15H2,(H,27,28)/b25-13-. The Balaban J connectivity index is 1.22. The van der Waals surface area contributed by atoms with E-state index in [1.54, 1.807) is 17.6 Å². The highest BCUT2D eigenvalue weighted by molar-refractivity contribution is 8.01. The number of benzene rings is 3. The maximum absolute atomic E-state index is 12.0. The van der Waals surface area contributed by atoms with Gasteiger partial charge in [0, 0.05) is 5.02 Å². The summed E-state index contributed by atoms with van der Waals surface area (Å²) in [4.78, 5) is 16.5. The lowest BCUT2D eigenvalue weighted by molar-refractivity contribution is -0.118. The van der Waals surface area contributed by atoms with E-state index < -0.39 is 0 Å². The van der Waals surface area contributed by atoms with Crippen molar-refractivity contribution in [3.63, 3.8) is 0 Å². The number of halogens is 1. The first-order valence-electron chi connectivity index (χ1n) is 9.43. The third-order valence-electron chi connectivity index (χ3n) is 4.18. The van der Waals surface area contributed by atoms with Gasteiger partial charge in [0.2, 0.25) is 0 Å². The molecule has 0 aliphatic rings. The van der Waals surface area contributed by atoms with E-state index in [1.807, 2.05) is 72.8 Å². The zero-order valence-electron chi connectivity index (χ0n) is 16.3. The van der Waals surface area contributed by atoms with Crippen molar-refractivity contribution in [1.29, 1.82) is 0 Å². The molecule has 0 radical (unpaired) electrons. The molecule has 0 saturated heterocycles. The predicted octanol–water partition coefficient (Wildman–Crippen LogP) is 5.77. The molecule has 0 aliphatic heterocycles. The average molecular weight is 468 g/mol. The summed E-state index contributed by atoms with van der Waals surface area (Å²) < 4.78 is 7.74. The van der Waals surface area contributed by atoms with Gasteiger partial charge >= 0.3 is 0 Å². The van der Waals surface area contributed by atoms with Gasteiger partial charge in [0.25, 0.3) is 5.91 Å². The highest BCUT2D eigenvalue weighted by atomic mass is 35.5. The molecule has 4 rings (SSSR count). The van der Waals surface area contributed by atoms with Crippen molar-refractivity contribution >= 4 is 57.0 Å². The molecule has 4 aromatic rings. The number of rotatable bonds is 8. The third-order valence-corrected chi connectivity index (χ3v) is 6.59. The number of thioether (sulfide) groups is 1. The fraction of sp³-hybridized carbons (Fsp3) is 0.0870. The number of nitrogens with zero attached hydrogens (tertiary/aromatic N) is 2. The highest BCUT2D eigenvalue weighted by Crippen LogP contribution is 2.29. The summed E-state index contributed by atoms with van der Waals surface area (Å²) in [6.07, 6.45) is 1.60. The zero-order valence-corrected chi connectivity index (χ0v) is 18.7. The summed E-state index contributed by atoms with van der Waals surface area (Å²) in [6, 6.07) is 23.0. The fourth-order valence-corrected chi connectivity index (χ4v) is 4.77. The van der Waals surface area contributed by atoms with Crippen molar-refractivity contribution in [3.05, 3.63) is 88.9 Å². The predicted molar refractivity (Wildman–Crippen MR) is 128 cm³/mol. The van der Waals surface area contributed by atoms with Crippen LogP contribution in [-0.2, 0) is 11.4 Å². The van der Waals surface area contributed by atoms with E-state index in [1.165, 1.54) is 11.8 Å². The minimum Gasteiger partial charge on any atom is -0.489 e. The molecular formula is C23H18ClN3O2S2. The zero-order chi connectivity index (χ0) is 21.5. The molecule has 156 valence electrons. The molecule has 3 aromatic carbocycles. The minimum atomic E-state index is -0.179. The van der Waals surface area contributed by atoms with Crippen LogP contribution in [0.5, 0.6) is 5.75 Å². The van der Waals surface area contributed by atoms with E-state index in [4.69, 9.17) is 16.3 Å². The van der Waals surface area contributed by atoms with Crippen LogP contribution in [-0.4, -0.2) is 22.9 Å². The van der Waals surface area contributed by atoms with Crippen LogP contribution in [0.2, 0.25) is 5.02 Å². The number of hydrogen-bond donors (Lipinski definition) is 1. The summed E-state index contributed by atoms with van der Waals surface area (Å²) in [5.74, 6) is 0.823. The van der Waals surface area contributed by atoms with Crippen molar-refractivity contribution < 1.29 is 9.53 Å². The Labute approximate surface area is 193 Å². The Bertz CT molecular complexity index is 1180. The van der Waals surface area contributed by atoms with E-state index in [0.29, 0.717) is 11.6 Å². The van der Waals surface area contributed by atoms with Crippen LogP contribution in [0.15, 0.2) is 82.2 Å². The Morgan fingerprint density at radius 2 is 1.97 bits per heavy atom. The number of thiazole rings is 1. The highest BCUT2D eigenvalue weighted by Gasteiger charge is 2.07. The van der Waals surface area contributed by atoms with Gasteiger partial charge in [0.15, 0.2) is 4.34 Å². The first-order chi connectivity index (χ1) is 15.2. The normalized spacial score (nSPS) is 11.1. The first kappa shape index (κ1) is 21.4. The van der Waals surface area contributed by atoms with Crippen LogP contribution in [0, 0.1) is 0 Å². The van der Waals surface area contributed by atoms with Gasteiger partial charge in [-0.25, -0.2) is 10.4 Å². The molecule has 0 atom stereocenters. The summed E-state index contributed by atoms with van der Waals surface area (Å²) >= 11 is 8.96. The van der Waals surface area contributed by atoms with Gasteiger partial charge in [-0.2, -0.15) is 5.10 Å². The number of nitrogens with one attached hydrogen (secondary N) is 1. The molecule has 8 heteroatoms. The van der Waals surface area contributed by atoms with Crippen molar-refractivity contribution in [2.24, 2.45) is 5.10 Å². The van der Waals surface area contributed by atoms with Crippen molar-refractivity contribution in [2.75, 3.05) is 5.75 Å². The summed E-state index contributed by atoms with van der Waals surface area (Å²) in [7, 11) is 0. The van der Waals surface area contributed by atoms with Gasteiger partial charge in [-0.15, -0.1) is 11.3 Å². The van der Waals surface area contributed by atoms with E-state index in [2.05, 4.69) is 15.5 Å². The van der Waals surface area contributed by atoms with Crippen LogP contribution in [0.25, 0.3) is 10.2 Å². The molecule has 5 nitrogen and oxygen atoms in total. The Morgan fingerprint density at radius 1 is 1.13 bits per heavy atom. The summed E-state index contributed by atoms with van der Waals surface area (Å²) in [5, 5.41) is 4.71. The van der Waals surface area contributed by atoms with Crippen LogP contribution in [0.3, 0.4) is 0 Å². The molecule has 1 aromatic heterocycles. The van der Waals surface area contributed by atoms with Gasteiger partial charge in [0.1, 0.15) is 12.4 Å². The first-order valence-corrected chi connectivity index (χ1v) is 11.6. The topological polar surface area (TPSA) is 63.6 Å². The number of ether oxygens (including phenoxy) is 1. The molecule has 0 fully saturated rings. The lowest BCUT2D eigenvalue weighted by atomic mass is 10.2. The lowest BCUT2D eigenvalue weighted by Gasteiger charge is -2.06. The molecule has 1 heterocycles. The Morgan fingerprint density at radius 3 is 2.77 bits per heavy atom. The summed E-state index contributed by atoms with van der Waals surface area (Å²) in [6.45, 7) is 0.441. The Hall–Kier alpha value is -2.87. The van der Waals surface area contributed by atoms with E-state index in [-0.39, 0.29) is 11.7 Å². The molecule has 31 heavy (non-hydrogen) atoms. The number of carbonyl (C=O) groups excluding carboxylic acids is 1. The van der Waals surface area contributed by atoms with Gasteiger partial charge in [-0.3, -0.25) is 4.79 Å². The van der Waals surface area contributed by atoms with Crippen LogP contribution in [0.4, 0.5) is 0 Å². The summed E-state index contributed by atoms with van der Waals surface area (Å²) in [5.41, 5.74) is 5.36. The molecular weight excluding hydrogens is 450 g/mol. The van der Waals surface area contributed by atoms with Crippen molar-refractivity contribution in [3.8, 4) is 5.75 Å². The molecule has 0 unspecified atom stereocenters. The number of carbonyl (C=O) groups is 1. The smallest absolute Gasteiger partial charge is 0.250 e. The maximum atomic E-state index is 12.0. The molecule has 1 amide bonds. The lowest BCUT2D eigenvalue weighted by Crippen LogP contribution is -2.19. The van der Waals surface area contributed by atoms with Gasteiger partial charge in [-0.05, 0) is 59.7 Å². The van der Waals surface area contributed by atoms with Crippen LogP contribution < -0.4 is 10.2 Å². The number of hydrogen-bond acceptors (Lipinski definition) is 6. The quantitative estimate of drug-likeness (QED) is 0.203. The molecule has 0 bridgehead atoms. The number of aromatic nitrogens is 1. The number of hydrazone groups is 1. The molecule has 1 N–H and O–H groups in total. The SMILES string of the molecule is O=C(CSc1nc2ccccc2s1)N/N=C\c1ccc(OCc2cccc(Cl)c2)cc1. The van der Waals surface area contributed by atoms with E-state index >= 15 is 0 Å². The third kappa shape index (κ3) is 6.30.